The summed E-state index contributed by atoms with van der Waals surface area (Å²) in [6, 6.07) is 4.80. The maximum atomic E-state index is 4.55. The molecule has 0 saturated carbocycles. The lowest BCUT2D eigenvalue weighted by Crippen LogP contribution is -2.35. The molecule has 0 aliphatic rings. The van der Waals surface area contributed by atoms with E-state index in [-0.39, 0.29) is 0 Å². The zero-order valence-electron chi connectivity index (χ0n) is 10.7. The van der Waals surface area contributed by atoms with Crippen LogP contribution >= 0.6 is 11.3 Å². The fourth-order valence-corrected chi connectivity index (χ4v) is 2.93. The van der Waals surface area contributed by atoms with Gasteiger partial charge in [-0.05, 0) is 30.0 Å². The summed E-state index contributed by atoms with van der Waals surface area (Å²) in [5.41, 5.74) is 1.23. The summed E-state index contributed by atoms with van der Waals surface area (Å²) in [6.45, 7) is 7.71. The minimum absolute atomic E-state index is 0.512. The van der Waals surface area contributed by atoms with E-state index in [4.69, 9.17) is 0 Å². The van der Waals surface area contributed by atoms with Gasteiger partial charge in [-0.2, -0.15) is 0 Å². The lowest BCUT2D eigenvalue weighted by atomic mass is 9.98. The van der Waals surface area contributed by atoms with Crippen LogP contribution in [0.25, 0.3) is 10.1 Å². The fourth-order valence-electron chi connectivity index (χ4n) is 2.13. The molecule has 0 spiro atoms. The fraction of sp³-hybridized carbons (Fsp3) is 0.500. The van der Waals surface area contributed by atoms with Crippen LogP contribution in [0.5, 0.6) is 0 Å². The number of hydrogen-bond acceptors (Lipinski definition) is 3. The highest BCUT2D eigenvalue weighted by molar-refractivity contribution is 7.17. The van der Waals surface area contributed by atoms with E-state index in [1.807, 2.05) is 6.20 Å². The number of likely N-dealkylation sites (N-methyl/N-ethyl adjacent to an activating group) is 1. The third-order valence-corrected chi connectivity index (χ3v) is 4.03. The first kappa shape index (κ1) is 12.5. The van der Waals surface area contributed by atoms with E-state index in [0.717, 1.165) is 13.0 Å². The summed E-state index contributed by atoms with van der Waals surface area (Å²) < 4.78 is 1.34. The highest BCUT2D eigenvalue weighted by Gasteiger charge is 2.15. The normalized spacial score (nSPS) is 13.4. The maximum Gasteiger partial charge on any atom is 0.0505 e. The predicted molar refractivity (Wildman–Crippen MR) is 75.6 cm³/mol. The SMILES string of the molecule is CCNC(Cc1nccc2sccc12)C(C)C. The lowest BCUT2D eigenvalue weighted by molar-refractivity contribution is 0.403. The van der Waals surface area contributed by atoms with Crippen LogP contribution in [-0.2, 0) is 6.42 Å². The molecule has 2 rings (SSSR count). The van der Waals surface area contributed by atoms with Crippen molar-refractivity contribution in [1.29, 1.82) is 0 Å². The van der Waals surface area contributed by atoms with Gasteiger partial charge in [-0.25, -0.2) is 0 Å². The molecule has 0 bridgehead atoms. The molecule has 2 aromatic rings. The molecule has 2 nitrogen and oxygen atoms in total. The van der Waals surface area contributed by atoms with Gasteiger partial charge in [-0.15, -0.1) is 11.3 Å². The van der Waals surface area contributed by atoms with Crippen molar-refractivity contribution in [1.82, 2.24) is 10.3 Å². The summed E-state index contributed by atoms with van der Waals surface area (Å²) in [7, 11) is 0. The molecule has 0 radical (unpaired) electrons. The Morgan fingerprint density at radius 1 is 1.35 bits per heavy atom. The smallest absolute Gasteiger partial charge is 0.0505 e. The van der Waals surface area contributed by atoms with Crippen molar-refractivity contribution in [2.24, 2.45) is 5.92 Å². The summed E-state index contributed by atoms with van der Waals surface area (Å²) in [5, 5.41) is 7.02. The third-order valence-electron chi connectivity index (χ3n) is 3.15. The van der Waals surface area contributed by atoms with E-state index in [9.17, 15) is 0 Å². The number of nitrogens with zero attached hydrogens (tertiary/aromatic N) is 1. The molecular formula is C14H20N2S. The Kier molecular flexibility index (Phi) is 4.13. The number of nitrogens with one attached hydrogen (secondary N) is 1. The summed E-state index contributed by atoms with van der Waals surface area (Å²) >= 11 is 1.79. The number of fused-ring (bicyclic) bond motifs is 1. The first-order valence-electron chi connectivity index (χ1n) is 6.26. The van der Waals surface area contributed by atoms with Crippen molar-refractivity contribution in [2.45, 2.75) is 33.2 Å². The monoisotopic (exact) mass is 248 g/mol. The van der Waals surface area contributed by atoms with Crippen LogP contribution in [0.2, 0.25) is 0 Å². The van der Waals surface area contributed by atoms with E-state index in [2.05, 4.69) is 48.6 Å². The van der Waals surface area contributed by atoms with Crippen molar-refractivity contribution < 1.29 is 0 Å². The van der Waals surface area contributed by atoms with Gasteiger partial charge in [0, 0.05) is 28.7 Å². The molecular weight excluding hydrogens is 228 g/mol. The Morgan fingerprint density at radius 2 is 2.18 bits per heavy atom. The molecule has 0 amide bonds. The highest BCUT2D eigenvalue weighted by atomic mass is 32.1. The van der Waals surface area contributed by atoms with E-state index in [1.54, 1.807) is 11.3 Å². The van der Waals surface area contributed by atoms with Gasteiger partial charge < -0.3 is 5.32 Å². The van der Waals surface area contributed by atoms with Crippen LogP contribution in [0, 0.1) is 5.92 Å². The molecule has 1 atom stereocenters. The van der Waals surface area contributed by atoms with E-state index < -0.39 is 0 Å². The summed E-state index contributed by atoms with van der Waals surface area (Å²) in [5.74, 6) is 0.630. The molecule has 1 N–H and O–H groups in total. The van der Waals surface area contributed by atoms with Gasteiger partial charge in [-0.3, -0.25) is 4.98 Å². The number of thiophene rings is 1. The van der Waals surface area contributed by atoms with Crippen LogP contribution in [0.15, 0.2) is 23.7 Å². The highest BCUT2D eigenvalue weighted by Crippen LogP contribution is 2.24. The second kappa shape index (κ2) is 5.61. The molecule has 0 aromatic carbocycles. The van der Waals surface area contributed by atoms with Gasteiger partial charge in [0.25, 0.3) is 0 Å². The van der Waals surface area contributed by atoms with Gasteiger partial charge in [0.1, 0.15) is 0 Å². The number of hydrogen-bond donors (Lipinski definition) is 1. The molecule has 1 unspecified atom stereocenters. The van der Waals surface area contributed by atoms with Crippen LogP contribution in [0.1, 0.15) is 26.5 Å². The van der Waals surface area contributed by atoms with E-state index >= 15 is 0 Å². The van der Waals surface area contributed by atoms with Gasteiger partial charge >= 0.3 is 0 Å². The molecule has 0 aliphatic heterocycles. The molecule has 0 saturated heterocycles. The first-order chi connectivity index (χ1) is 8.22. The molecule has 2 heterocycles. The van der Waals surface area contributed by atoms with Crippen LogP contribution in [0.3, 0.4) is 0 Å². The van der Waals surface area contributed by atoms with E-state index in [1.165, 1.54) is 15.8 Å². The molecule has 17 heavy (non-hydrogen) atoms. The molecule has 0 fully saturated rings. The second-order valence-electron chi connectivity index (χ2n) is 4.70. The van der Waals surface area contributed by atoms with Crippen molar-refractivity contribution in [2.75, 3.05) is 6.54 Å². The third kappa shape index (κ3) is 2.85. The average molecular weight is 248 g/mol. The van der Waals surface area contributed by atoms with Crippen LogP contribution < -0.4 is 5.32 Å². The number of rotatable bonds is 5. The number of aromatic nitrogens is 1. The average Bonchev–Trinajstić information content (AvgIpc) is 2.77. The van der Waals surface area contributed by atoms with Gasteiger partial charge in [0.2, 0.25) is 0 Å². The molecule has 3 heteroatoms. The van der Waals surface area contributed by atoms with Gasteiger partial charge in [-0.1, -0.05) is 20.8 Å². The molecule has 2 aromatic heterocycles. The van der Waals surface area contributed by atoms with Crippen molar-refractivity contribution in [3.05, 3.63) is 29.4 Å². The Hall–Kier alpha value is -0.930. The Labute approximate surface area is 107 Å². The zero-order chi connectivity index (χ0) is 12.3. The second-order valence-corrected chi connectivity index (χ2v) is 5.65. The first-order valence-corrected chi connectivity index (χ1v) is 7.14. The Morgan fingerprint density at radius 3 is 2.88 bits per heavy atom. The minimum atomic E-state index is 0.512. The van der Waals surface area contributed by atoms with Gasteiger partial charge in [0.15, 0.2) is 0 Å². The van der Waals surface area contributed by atoms with Crippen LogP contribution in [-0.4, -0.2) is 17.6 Å². The molecule has 0 aliphatic carbocycles. The van der Waals surface area contributed by atoms with E-state index in [0.29, 0.717) is 12.0 Å². The topological polar surface area (TPSA) is 24.9 Å². The largest absolute Gasteiger partial charge is 0.314 e. The quantitative estimate of drug-likeness (QED) is 0.876. The van der Waals surface area contributed by atoms with Crippen LogP contribution in [0.4, 0.5) is 0 Å². The summed E-state index contributed by atoms with van der Waals surface area (Å²) in [6.07, 6.45) is 2.94. The molecule has 92 valence electrons. The maximum absolute atomic E-state index is 4.55. The predicted octanol–water partition coefficient (Wildman–Crippen LogP) is 3.47. The Balaban J connectivity index is 2.24. The van der Waals surface area contributed by atoms with Crippen molar-refractivity contribution in [3.8, 4) is 0 Å². The van der Waals surface area contributed by atoms with Crippen molar-refractivity contribution >= 4 is 21.4 Å². The van der Waals surface area contributed by atoms with Crippen molar-refractivity contribution in [3.63, 3.8) is 0 Å². The lowest BCUT2D eigenvalue weighted by Gasteiger charge is -2.21. The Bertz CT molecular complexity index is 476. The summed E-state index contributed by atoms with van der Waals surface area (Å²) in [4.78, 5) is 4.55. The number of pyridine rings is 1. The standard InChI is InChI=1S/C14H20N2S/c1-4-15-12(10(2)3)9-13-11-6-8-17-14(11)5-7-16-13/h5-8,10,12,15H,4,9H2,1-3H3. The van der Waals surface area contributed by atoms with Gasteiger partial charge in [0.05, 0.1) is 5.69 Å². The minimum Gasteiger partial charge on any atom is -0.314 e. The zero-order valence-corrected chi connectivity index (χ0v) is 11.6.